The summed E-state index contributed by atoms with van der Waals surface area (Å²) < 4.78 is 0. The maximum absolute atomic E-state index is 5.91. The molecular formula is C8H7ClN2. The highest BCUT2D eigenvalue weighted by Gasteiger charge is 2.06. The number of aromatic nitrogens is 1. The molecule has 0 radical (unpaired) electrons. The Kier molecular flexibility index (Phi) is 1.55. The van der Waals surface area contributed by atoms with E-state index in [4.69, 9.17) is 11.6 Å². The summed E-state index contributed by atoms with van der Waals surface area (Å²) in [6.07, 6.45) is 5.71. The van der Waals surface area contributed by atoms with E-state index in [1.165, 1.54) is 0 Å². The summed E-state index contributed by atoms with van der Waals surface area (Å²) in [6, 6.07) is 1.79. The minimum atomic E-state index is 0.749. The molecule has 0 aromatic carbocycles. The highest BCUT2D eigenvalue weighted by molar-refractivity contribution is 6.32. The predicted octanol–water partition coefficient (Wildman–Crippen LogP) is 2.17. The number of hydrogen-bond acceptors (Lipinski definition) is 2. The minimum Gasteiger partial charge on any atom is -0.366 e. The molecule has 0 saturated heterocycles. The minimum absolute atomic E-state index is 0.749. The monoisotopic (exact) mass is 166 g/mol. The van der Waals surface area contributed by atoms with Gasteiger partial charge in [-0.3, -0.25) is 0 Å². The molecule has 3 heteroatoms. The molecule has 0 amide bonds. The van der Waals surface area contributed by atoms with Gasteiger partial charge in [0.15, 0.2) is 0 Å². The van der Waals surface area contributed by atoms with Crippen LogP contribution in [0.4, 0.5) is 5.82 Å². The molecule has 0 aliphatic carbocycles. The molecule has 0 saturated carbocycles. The van der Waals surface area contributed by atoms with Gasteiger partial charge in [0.05, 0.1) is 5.02 Å². The molecule has 0 fully saturated rings. The Labute approximate surface area is 69.9 Å². The van der Waals surface area contributed by atoms with Crippen molar-refractivity contribution in [2.45, 2.75) is 0 Å². The quantitative estimate of drug-likeness (QED) is 0.639. The Hall–Kier alpha value is -1.02. The standard InChI is InChI=1S/C8H7ClN2/c9-7-3-5-11-8-6(7)2-1-4-10-8/h1-3,5H,4H2,(H,10,11). The third-order valence-corrected chi connectivity index (χ3v) is 1.94. The van der Waals surface area contributed by atoms with Crippen molar-refractivity contribution < 1.29 is 0 Å². The normalized spacial score (nSPS) is 13.9. The zero-order chi connectivity index (χ0) is 7.68. The molecule has 0 bridgehead atoms. The summed E-state index contributed by atoms with van der Waals surface area (Å²) in [7, 11) is 0. The lowest BCUT2D eigenvalue weighted by Crippen LogP contribution is -2.06. The zero-order valence-corrected chi connectivity index (χ0v) is 6.60. The van der Waals surface area contributed by atoms with Crippen LogP contribution in [0.25, 0.3) is 6.08 Å². The molecular weight excluding hydrogens is 160 g/mol. The Balaban J connectivity index is 2.60. The predicted molar refractivity (Wildman–Crippen MR) is 46.8 cm³/mol. The summed E-state index contributed by atoms with van der Waals surface area (Å²) in [4.78, 5) is 4.13. The highest BCUT2D eigenvalue weighted by Crippen LogP contribution is 2.25. The first-order chi connectivity index (χ1) is 5.38. The first-order valence-corrected chi connectivity index (χ1v) is 3.80. The van der Waals surface area contributed by atoms with Crippen LogP contribution in [0.2, 0.25) is 5.02 Å². The molecule has 2 rings (SSSR count). The molecule has 1 aliphatic rings. The van der Waals surface area contributed by atoms with Crippen molar-refractivity contribution in [1.29, 1.82) is 0 Å². The number of halogens is 1. The van der Waals surface area contributed by atoms with Crippen molar-refractivity contribution in [3.05, 3.63) is 28.9 Å². The van der Waals surface area contributed by atoms with Gasteiger partial charge < -0.3 is 5.32 Å². The van der Waals surface area contributed by atoms with Gasteiger partial charge in [-0.15, -0.1) is 0 Å². The third-order valence-electron chi connectivity index (χ3n) is 1.61. The van der Waals surface area contributed by atoms with Gasteiger partial charge in [0.1, 0.15) is 5.82 Å². The van der Waals surface area contributed by atoms with Gasteiger partial charge in [-0.25, -0.2) is 4.98 Å². The fourth-order valence-electron chi connectivity index (χ4n) is 1.08. The molecule has 56 valence electrons. The van der Waals surface area contributed by atoms with Gasteiger partial charge in [0.2, 0.25) is 0 Å². The molecule has 2 nitrogen and oxygen atoms in total. The topological polar surface area (TPSA) is 24.9 Å². The van der Waals surface area contributed by atoms with Crippen LogP contribution in [0.15, 0.2) is 18.3 Å². The molecule has 1 N–H and O–H groups in total. The van der Waals surface area contributed by atoms with E-state index < -0.39 is 0 Å². The van der Waals surface area contributed by atoms with Crippen molar-refractivity contribution >= 4 is 23.5 Å². The summed E-state index contributed by atoms with van der Waals surface area (Å²) >= 11 is 5.91. The van der Waals surface area contributed by atoms with E-state index in [-0.39, 0.29) is 0 Å². The Morgan fingerprint density at radius 1 is 1.55 bits per heavy atom. The molecule has 0 unspecified atom stereocenters. The van der Waals surface area contributed by atoms with Gasteiger partial charge in [-0.1, -0.05) is 23.8 Å². The summed E-state index contributed by atoms with van der Waals surface area (Å²) in [5.41, 5.74) is 0.986. The Bertz CT molecular complexity index is 307. The fourth-order valence-corrected chi connectivity index (χ4v) is 1.29. The number of rotatable bonds is 0. The van der Waals surface area contributed by atoms with E-state index >= 15 is 0 Å². The zero-order valence-electron chi connectivity index (χ0n) is 5.84. The van der Waals surface area contributed by atoms with Crippen molar-refractivity contribution in [2.75, 3.05) is 11.9 Å². The van der Waals surface area contributed by atoms with Gasteiger partial charge in [0.25, 0.3) is 0 Å². The second-order valence-electron chi connectivity index (χ2n) is 2.34. The average molecular weight is 167 g/mol. The van der Waals surface area contributed by atoms with E-state index in [9.17, 15) is 0 Å². The van der Waals surface area contributed by atoms with Crippen LogP contribution in [0.3, 0.4) is 0 Å². The first kappa shape index (κ1) is 6.68. The number of nitrogens with zero attached hydrogens (tertiary/aromatic N) is 1. The Morgan fingerprint density at radius 2 is 2.45 bits per heavy atom. The molecule has 2 heterocycles. The Morgan fingerprint density at radius 3 is 3.27 bits per heavy atom. The smallest absolute Gasteiger partial charge is 0.134 e. The van der Waals surface area contributed by atoms with Crippen LogP contribution in [0, 0.1) is 0 Å². The van der Waals surface area contributed by atoms with E-state index in [1.807, 2.05) is 12.2 Å². The SMILES string of the molecule is Clc1ccnc2c1C=CCN2. The summed E-state index contributed by atoms with van der Waals surface area (Å²) in [5, 5.41) is 3.87. The van der Waals surface area contributed by atoms with Crippen molar-refractivity contribution in [3.8, 4) is 0 Å². The van der Waals surface area contributed by atoms with Gasteiger partial charge >= 0.3 is 0 Å². The van der Waals surface area contributed by atoms with Gasteiger partial charge in [-0.2, -0.15) is 0 Å². The van der Waals surface area contributed by atoms with Crippen LogP contribution < -0.4 is 5.32 Å². The summed E-state index contributed by atoms with van der Waals surface area (Å²) in [5.74, 6) is 0.875. The molecule has 11 heavy (non-hydrogen) atoms. The average Bonchev–Trinajstić information content (AvgIpc) is 2.06. The first-order valence-electron chi connectivity index (χ1n) is 3.43. The number of nitrogens with one attached hydrogen (secondary N) is 1. The third kappa shape index (κ3) is 1.10. The second-order valence-corrected chi connectivity index (χ2v) is 2.75. The molecule has 1 aromatic rings. The number of pyridine rings is 1. The fraction of sp³-hybridized carbons (Fsp3) is 0.125. The van der Waals surface area contributed by atoms with Crippen LogP contribution in [0.5, 0.6) is 0 Å². The van der Waals surface area contributed by atoms with Crippen LogP contribution in [-0.2, 0) is 0 Å². The lowest BCUT2D eigenvalue weighted by atomic mass is 10.2. The molecule has 1 aliphatic heterocycles. The van der Waals surface area contributed by atoms with E-state index in [1.54, 1.807) is 12.3 Å². The van der Waals surface area contributed by atoms with E-state index in [0.717, 1.165) is 22.9 Å². The van der Waals surface area contributed by atoms with Crippen LogP contribution >= 0.6 is 11.6 Å². The van der Waals surface area contributed by atoms with E-state index in [0.29, 0.717) is 0 Å². The number of fused-ring (bicyclic) bond motifs is 1. The van der Waals surface area contributed by atoms with Crippen molar-refractivity contribution in [2.24, 2.45) is 0 Å². The van der Waals surface area contributed by atoms with Gasteiger partial charge in [0, 0.05) is 18.3 Å². The maximum atomic E-state index is 5.91. The van der Waals surface area contributed by atoms with Crippen LogP contribution in [0.1, 0.15) is 5.56 Å². The lowest BCUT2D eigenvalue weighted by molar-refractivity contribution is 1.20. The molecule has 1 aromatic heterocycles. The molecule has 0 spiro atoms. The number of anilines is 1. The maximum Gasteiger partial charge on any atom is 0.134 e. The highest BCUT2D eigenvalue weighted by atomic mass is 35.5. The van der Waals surface area contributed by atoms with Crippen molar-refractivity contribution in [1.82, 2.24) is 4.98 Å². The van der Waals surface area contributed by atoms with Crippen LogP contribution in [-0.4, -0.2) is 11.5 Å². The van der Waals surface area contributed by atoms with E-state index in [2.05, 4.69) is 10.3 Å². The molecule has 0 atom stereocenters. The largest absolute Gasteiger partial charge is 0.366 e. The summed E-state index contributed by atoms with van der Waals surface area (Å²) in [6.45, 7) is 0.834. The second kappa shape index (κ2) is 2.55. The number of hydrogen-bond donors (Lipinski definition) is 1. The van der Waals surface area contributed by atoms with Crippen molar-refractivity contribution in [3.63, 3.8) is 0 Å². The van der Waals surface area contributed by atoms with Gasteiger partial charge in [-0.05, 0) is 6.07 Å². The lowest BCUT2D eigenvalue weighted by Gasteiger charge is -2.11.